The average molecular weight is 513 g/mol. The van der Waals surface area contributed by atoms with E-state index in [2.05, 4.69) is 23.6 Å². The van der Waals surface area contributed by atoms with E-state index < -0.39 is 11.6 Å². The number of allylic oxidation sites excluding steroid dienone is 1. The minimum absolute atomic E-state index is 0.0871. The van der Waals surface area contributed by atoms with Crippen LogP contribution in [0.25, 0.3) is 0 Å². The molecule has 2 aliphatic carbocycles. The van der Waals surface area contributed by atoms with Gasteiger partial charge in [-0.05, 0) is 61.6 Å². The van der Waals surface area contributed by atoms with Crippen LogP contribution >= 0.6 is 0 Å². The Balaban J connectivity index is 1.25. The summed E-state index contributed by atoms with van der Waals surface area (Å²) in [5, 5.41) is 11.7. The summed E-state index contributed by atoms with van der Waals surface area (Å²) in [6.07, 6.45) is 5.72. The zero-order chi connectivity index (χ0) is 26.4. The van der Waals surface area contributed by atoms with Crippen LogP contribution < -0.4 is 9.47 Å². The van der Waals surface area contributed by atoms with E-state index >= 15 is 0 Å². The first-order valence-electron chi connectivity index (χ1n) is 13.5. The number of carbonyl (C=O) groups is 2. The average Bonchev–Trinajstić information content (AvgIpc) is 3.13. The van der Waals surface area contributed by atoms with Crippen molar-refractivity contribution >= 4 is 12.3 Å². The minimum Gasteiger partial charge on any atom is -0.497 e. The number of esters is 1. The highest BCUT2D eigenvalue weighted by molar-refractivity contribution is 5.83. The van der Waals surface area contributed by atoms with Crippen LogP contribution in [0.15, 0.2) is 23.3 Å². The first-order chi connectivity index (χ1) is 17.7. The van der Waals surface area contributed by atoms with Gasteiger partial charge in [-0.2, -0.15) is 0 Å². The highest BCUT2D eigenvalue weighted by Crippen LogP contribution is 2.56. The van der Waals surface area contributed by atoms with Crippen LogP contribution in [0.2, 0.25) is 0 Å². The molecule has 4 atom stereocenters. The number of hydrogen-bond donors (Lipinski definition) is 1. The van der Waals surface area contributed by atoms with Crippen molar-refractivity contribution in [2.75, 3.05) is 46.9 Å². The first-order valence-corrected chi connectivity index (χ1v) is 13.5. The van der Waals surface area contributed by atoms with Gasteiger partial charge in [0.1, 0.15) is 17.6 Å². The molecule has 2 aliphatic heterocycles. The molecule has 0 aromatic heterocycles. The molecule has 8 heteroatoms. The van der Waals surface area contributed by atoms with Crippen LogP contribution in [0.4, 0.5) is 0 Å². The van der Waals surface area contributed by atoms with Crippen LogP contribution in [0.1, 0.15) is 61.9 Å². The monoisotopic (exact) mass is 512 g/mol. The lowest BCUT2D eigenvalue weighted by Crippen LogP contribution is -2.57. The van der Waals surface area contributed by atoms with Gasteiger partial charge < -0.3 is 19.3 Å². The number of aliphatic hydroxyl groups is 1. The molecule has 1 aromatic carbocycles. The minimum atomic E-state index is -1.47. The molecule has 5 rings (SSSR count). The fourth-order valence-corrected chi connectivity index (χ4v) is 7.28. The molecule has 2 saturated heterocycles. The molecule has 3 fully saturated rings. The Labute approximate surface area is 219 Å². The molecule has 8 nitrogen and oxygen atoms in total. The molecule has 1 N–H and O–H groups in total. The molecule has 4 aliphatic rings. The van der Waals surface area contributed by atoms with Gasteiger partial charge in [0.2, 0.25) is 0 Å². The van der Waals surface area contributed by atoms with Crippen molar-refractivity contribution < 1.29 is 28.9 Å². The summed E-state index contributed by atoms with van der Waals surface area (Å²) in [4.78, 5) is 29.4. The number of nitrogens with zero attached hydrogens (tertiary/aromatic N) is 2. The maximum absolute atomic E-state index is 13.1. The lowest BCUT2D eigenvalue weighted by atomic mass is 9.59. The lowest BCUT2D eigenvalue weighted by Gasteiger charge is -2.47. The Bertz CT molecular complexity index is 1090. The molecule has 37 heavy (non-hydrogen) atoms. The number of β-amino-alcohol motifs (C(OH)–C–C–N with tert-alkyl or cyclic N) is 1. The number of ether oxygens (including phenoxy) is 3. The zero-order valence-electron chi connectivity index (χ0n) is 22.5. The van der Waals surface area contributed by atoms with E-state index in [1.807, 2.05) is 6.07 Å². The van der Waals surface area contributed by atoms with Crippen LogP contribution in [-0.4, -0.2) is 85.8 Å². The van der Waals surface area contributed by atoms with E-state index in [1.54, 1.807) is 20.3 Å². The van der Waals surface area contributed by atoms with E-state index in [-0.39, 0.29) is 17.4 Å². The second-order valence-electron chi connectivity index (χ2n) is 11.6. The number of hydrogen-bond acceptors (Lipinski definition) is 8. The van der Waals surface area contributed by atoms with Crippen LogP contribution in [-0.2, 0) is 16.1 Å². The molecule has 2 unspecified atom stereocenters. The molecule has 0 amide bonds. The van der Waals surface area contributed by atoms with Gasteiger partial charge in [0, 0.05) is 51.3 Å². The number of rotatable bonds is 7. The van der Waals surface area contributed by atoms with E-state index in [1.165, 1.54) is 17.6 Å². The van der Waals surface area contributed by atoms with Crippen LogP contribution in [0, 0.1) is 11.3 Å². The summed E-state index contributed by atoms with van der Waals surface area (Å²) in [6.45, 7) is 8.36. The number of aldehydes is 1. The highest BCUT2D eigenvalue weighted by atomic mass is 16.6. The second kappa shape index (κ2) is 10.0. The summed E-state index contributed by atoms with van der Waals surface area (Å²) in [7, 11) is 3.15. The Morgan fingerprint density at radius 1 is 1.14 bits per heavy atom. The normalized spacial score (nSPS) is 32.5. The third-order valence-electron chi connectivity index (χ3n) is 9.35. The van der Waals surface area contributed by atoms with Gasteiger partial charge in [0.15, 0.2) is 11.9 Å². The first kappa shape index (κ1) is 26.2. The molecular weight excluding hydrogens is 472 g/mol. The van der Waals surface area contributed by atoms with E-state index in [0.29, 0.717) is 30.2 Å². The predicted molar refractivity (Wildman–Crippen MR) is 139 cm³/mol. The number of fused-ring (bicyclic) bond motifs is 3. The van der Waals surface area contributed by atoms with Gasteiger partial charge >= 0.3 is 5.97 Å². The Morgan fingerprint density at radius 2 is 1.86 bits per heavy atom. The maximum atomic E-state index is 13.1. The van der Waals surface area contributed by atoms with Gasteiger partial charge in [-0.15, -0.1) is 0 Å². The second-order valence-corrected chi connectivity index (χ2v) is 11.6. The lowest BCUT2D eigenvalue weighted by molar-refractivity contribution is -0.157. The molecule has 202 valence electrons. The molecule has 0 spiro atoms. The van der Waals surface area contributed by atoms with Crippen molar-refractivity contribution in [1.29, 1.82) is 0 Å². The molecule has 2 heterocycles. The summed E-state index contributed by atoms with van der Waals surface area (Å²) < 4.78 is 16.7. The van der Waals surface area contributed by atoms with E-state index in [4.69, 9.17) is 14.2 Å². The maximum Gasteiger partial charge on any atom is 0.340 e. The highest BCUT2D eigenvalue weighted by Gasteiger charge is 2.62. The van der Waals surface area contributed by atoms with Crippen molar-refractivity contribution in [3.05, 3.63) is 34.4 Å². The number of carbonyl (C=O) groups excluding carboxylic acids is 2. The van der Waals surface area contributed by atoms with E-state index in [9.17, 15) is 14.7 Å². The number of benzene rings is 1. The number of piperazine rings is 1. The fourth-order valence-electron chi connectivity index (χ4n) is 7.28. The van der Waals surface area contributed by atoms with Gasteiger partial charge in [0.05, 0.1) is 19.8 Å². The number of methoxy groups -OCH3 is 2. The Morgan fingerprint density at radius 3 is 2.54 bits per heavy atom. The van der Waals surface area contributed by atoms with Gasteiger partial charge in [-0.25, -0.2) is 4.79 Å². The third-order valence-corrected chi connectivity index (χ3v) is 9.35. The Kier molecular flexibility index (Phi) is 7.11. The van der Waals surface area contributed by atoms with Crippen LogP contribution in [0.3, 0.4) is 0 Å². The quantitative estimate of drug-likeness (QED) is 0.339. The predicted octanol–water partition coefficient (Wildman–Crippen LogP) is 3.21. The molecule has 1 aromatic rings. The summed E-state index contributed by atoms with van der Waals surface area (Å²) in [6, 6.07) is 3.60. The summed E-state index contributed by atoms with van der Waals surface area (Å²) in [5.74, 6) is 0.513. The SMILES string of the molecule is COc1cc(CN2CCN(CC3(O)C(=O)O[C@@H]4C5=C(C)CCC[C@]5(C)CCC43)CC2)c(C=O)c(OC)c1. The third kappa shape index (κ3) is 4.57. The topological polar surface area (TPSA) is 88.5 Å². The van der Waals surface area contributed by atoms with Crippen molar-refractivity contribution in [2.45, 2.75) is 64.2 Å². The fraction of sp³-hybridized carbons (Fsp3) is 0.655. The van der Waals surface area contributed by atoms with Gasteiger partial charge in [0.25, 0.3) is 0 Å². The molecular formula is C29H40N2O6. The molecule has 0 bridgehead atoms. The summed E-state index contributed by atoms with van der Waals surface area (Å²) >= 11 is 0. The zero-order valence-corrected chi connectivity index (χ0v) is 22.5. The standard InChI is InChI=1S/C29H40N2O6/c1-19-6-5-8-28(2)9-7-23-26(25(19)28)37-27(33)29(23,34)18-31-12-10-30(11-13-31)16-20-14-21(35-3)15-24(36-4)22(20)17-32/h14-15,17,23,26,34H,5-13,16,18H2,1-4H3/t23?,26-,28+,29?/m0/s1. The van der Waals surface area contributed by atoms with Crippen LogP contribution in [0.5, 0.6) is 11.5 Å². The largest absolute Gasteiger partial charge is 0.497 e. The van der Waals surface area contributed by atoms with Gasteiger partial charge in [-0.1, -0.05) is 12.5 Å². The van der Waals surface area contributed by atoms with Crippen molar-refractivity contribution in [1.82, 2.24) is 9.80 Å². The molecule has 0 radical (unpaired) electrons. The smallest absolute Gasteiger partial charge is 0.340 e. The van der Waals surface area contributed by atoms with Crippen molar-refractivity contribution in [3.63, 3.8) is 0 Å². The Hall–Kier alpha value is -2.42. The van der Waals surface area contributed by atoms with Crippen molar-refractivity contribution in [2.24, 2.45) is 11.3 Å². The molecule has 1 saturated carbocycles. The van der Waals surface area contributed by atoms with Crippen molar-refractivity contribution in [3.8, 4) is 11.5 Å². The van der Waals surface area contributed by atoms with Gasteiger partial charge in [-0.3, -0.25) is 14.6 Å². The van der Waals surface area contributed by atoms with E-state index in [0.717, 1.165) is 63.7 Å². The summed E-state index contributed by atoms with van der Waals surface area (Å²) in [5.41, 5.74) is 2.65.